The minimum atomic E-state index is 0.136. The molecule has 1 aromatic carbocycles. The molecular formula is C12H15NO. The van der Waals surface area contributed by atoms with E-state index in [1.807, 2.05) is 43.3 Å². The van der Waals surface area contributed by atoms with Crippen LogP contribution in [-0.2, 0) is 4.79 Å². The van der Waals surface area contributed by atoms with E-state index in [-0.39, 0.29) is 5.78 Å². The fourth-order valence-corrected chi connectivity index (χ4v) is 1.18. The molecule has 0 saturated heterocycles. The lowest BCUT2D eigenvalue weighted by Crippen LogP contribution is -2.18. The molecule has 0 radical (unpaired) electrons. The number of hydrogen-bond acceptors (Lipinski definition) is 2. The topological polar surface area (TPSA) is 29.1 Å². The Hall–Kier alpha value is -1.41. The number of likely N-dealkylation sites (N-methyl/N-ethyl adjacent to an activating group) is 1. The average molecular weight is 189 g/mol. The lowest BCUT2D eigenvalue weighted by atomic mass is 10.1. The summed E-state index contributed by atoms with van der Waals surface area (Å²) in [5.74, 6) is 0.136. The third-order valence-electron chi connectivity index (χ3n) is 1.96. The molecule has 0 aliphatic carbocycles. The van der Waals surface area contributed by atoms with Crippen LogP contribution < -0.4 is 5.32 Å². The predicted octanol–water partition coefficient (Wildman–Crippen LogP) is 1.88. The maximum Gasteiger partial charge on any atom is 0.172 e. The SMILES string of the molecule is CNCC(=O)/C(C)=C/c1ccccc1. The van der Waals surface area contributed by atoms with Crippen LogP contribution in [0.1, 0.15) is 12.5 Å². The van der Waals surface area contributed by atoms with Crippen molar-refractivity contribution >= 4 is 11.9 Å². The summed E-state index contributed by atoms with van der Waals surface area (Å²) in [7, 11) is 1.77. The highest BCUT2D eigenvalue weighted by molar-refractivity contribution is 6.00. The number of carbonyl (C=O) groups is 1. The molecule has 0 aromatic heterocycles. The van der Waals surface area contributed by atoms with Crippen molar-refractivity contribution in [2.24, 2.45) is 0 Å². The second kappa shape index (κ2) is 5.35. The number of rotatable bonds is 4. The Balaban J connectivity index is 2.74. The van der Waals surface area contributed by atoms with Gasteiger partial charge in [-0.15, -0.1) is 0 Å². The Kier molecular flexibility index (Phi) is 4.08. The van der Waals surface area contributed by atoms with Crippen LogP contribution in [0.15, 0.2) is 35.9 Å². The van der Waals surface area contributed by atoms with Crippen molar-refractivity contribution < 1.29 is 4.79 Å². The fourth-order valence-electron chi connectivity index (χ4n) is 1.18. The van der Waals surface area contributed by atoms with Gasteiger partial charge in [0.2, 0.25) is 0 Å². The summed E-state index contributed by atoms with van der Waals surface area (Å²) in [4.78, 5) is 11.4. The van der Waals surface area contributed by atoms with Gasteiger partial charge in [0.15, 0.2) is 5.78 Å². The van der Waals surface area contributed by atoms with E-state index in [9.17, 15) is 4.79 Å². The van der Waals surface area contributed by atoms with E-state index in [2.05, 4.69) is 5.32 Å². The summed E-state index contributed by atoms with van der Waals surface area (Å²) >= 11 is 0. The van der Waals surface area contributed by atoms with E-state index in [1.54, 1.807) is 7.05 Å². The first-order valence-electron chi connectivity index (χ1n) is 4.65. The van der Waals surface area contributed by atoms with Crippen molar-refractivity contribution in [3.05, 3.63) is 41.5 Å². The normalized spacial score (nSPS) is 11.4. The van der Waals surface area contributed by atoms with Crippen LogP contribution in [0, 0.1) is 0 Å². The maximum absolute atomic E-state index is 11.4. The lowest BCUT2D eigenvalue weighted by molar-refractivity contribution is -0.114. The molecule has 1 N–H and O–H groups in total. The first kappa shape index (κ1) is 10.7. The largest absolute Gasteiger partial charge is 0.313 e. The van der Waals surface area contributed by atoms with Crippen LogP contribution in [0.3, 0.4) is 0 Å². The third kappa shape index (κ3) is 3.15. The number of Topliss-reactive ketones (excluding diaryl/α,β-unsaturated/α-hetero) is 1. The monoisotopic (exact) mass is 189 g/mol. The first-order valence-corrected chi connectivity index (χ1v) is 4.65. The van der Waals surface area contributed by atoms with E-state index in [0.29, 0.717) is 6.54 Å². The molecule has 2 nitrogen and oxygen atoms in total. The number of benzene rings is 1. The predicted molar refractivity (Wildman–Crippen MR) is 59.0 cm³/mol. The summed E-state index contributed by atoms with van der Waals surface area (Å²) in [5, 5.41) is 2.84. The zero-order valence-corrected chi connectivity index (χ0v) is 8.58. The van der Waals surface area contributed by atoms with Gasteiger partial charge in [0.1, 0.15) is 0 Å². The van der Waals surface area contributed by atoms with Crippen LogP contribution in [-0.4, -0.2) is 19.4 Å². The number of nitrogens with one attached hydrogen (secondary N) is 1. The average Bonchev–Trinajstić information content (AvgIpc) is 2.19. The molecule has 0 amide bonds. The molecule has 0 fully saturated rings. The molecule has 2 heteroatoms. The second-order valence-corrected chi connectivity index (χ2v) is 3.19. The standard InChI is InChI=1S/C12H15NO/c1-10(12(14)9-13-2)8-11-6-4-3-5-7-11/h3-8,13H,9H2,1-2H3/b10-8+. The van der Waals surface area contributed by atoms with Crippen molar-refractivity contribution in [3.63, 3.8) is 0 Å². The molecule has 0 spiro atoms. The van der Waals surface area contributed by atoms with Gasteiger partial charge < -0.3 is 5.32 Å². The Bertz CT molecular complexity index is 327. The van der Waals surface area contributed by atoms with Gasteiger partial charge in [-0.25, -0.2) is 0 Å². The quantitative estimate of drug-likeness (QED) is 0.733. The highest BCUT2D eigenvalue weighted by Gasteiger charge is 2.01. The Morgan fingerprint density at radius 3 is 2.57 bits per heavy atom. The molecular weight excluding hydrogens is 174 g/mol. The highest BCUT2D eigenvalue weighted by atomic mass is 16.1. The van der Waals surface area contributed by atoms with Crippen LogP contribution >= 0.6 is 0 Å². The molecule has 0 aliphatic heterocycles. The number of hydrogen-bond donors (Lipinski definition) is 1. The zero-order chi connectivity index (χ0) is 10.4. The molecule has 1 aromatic rings. The van der Waals surface area contributed by atoms with Gasteiger partial charge in [0.05, 0.1) is 6.54 Å². The third-order valence-corrected chi connectivity index (χ3v) is 1.96. The highest BCUT2D eigenvalue weighted by Crippen LogP contribution is 2.06. The van der Waals surface area contributed by atoms with Crippen molar-refractivity contribution in [2.45, 2.75) is 6.92 Å². The minimum absolute atomic E-state index is 0.136. The maximum atomic E-state index is 11.4. The van der Waals surface area contributed by atoms with Crippen LogP contribution in [0.25, 0.3) is 6.08 Å². The Morgan fingerprint density at radius 1 is 1.36 bits per heavy atom. The number of carbonyl (C=O) groups excluding carboxylic acids is 1. The zero-order valence-electron chi connectivity index (χ0n) is 8.58. The molecule has 0 bridgehead atoms. The van der Waals surface area contributed by atoms with E-state index in [1.165, 1.54) is 0 Å². The Labute approximate surface area is 84.6 Å². The molecule has 1 rings (SSSR count). The lowest BCUT2D eigenvalue weighted by Gasteiger charge is -1.99. The summed E-state index contributed by atoms with van der Waals surface area (Å²) in [6.07, 6.45) is 1.90. The Morgan fingerprint density at radius 2 is 2.00 bits per heavy atom. The van der Waals surface area contributed by atoms with Gasteiger partial charge in [-0.05, 0) is 31.2 Å². The van der Waals surface area contributed by atoms with E-state index >= 15 is 0 Å². The van der Waals surface area contributed by atoms with Crippen molar-refractivity contribution in [1.29, 1.82) is 0 Å². The van der Waals surface area contributed by atoms with Gasteiger partial charge >= 0.3 is 0 Å². The molecule has 0 heterocycles. The molecule has 0 atom stereocenters. The molecule has 74 valence electrons. The first-order chi connectivity index (χ1) is 6.74. The van der Waals surface area contributed by atoms with Crippen molar-refractivity contribution in [1.82, 2.24) is 5.32 Å². The molecule has 0 saturated carbocycles. The van der Waals surface area contributed by atoms with Crippen molar-refractivity contribution in [2.75, 3.05) is 13.6 Å². The van der Waals surface area contributed by atoms with E-state index in [4.69, 9.17) is 0 Å². The smallest absolute Gasteiger partial charge is 0.172 e. The number of ketones is 1. The summed E-state index contributed by atoms with van der Waals surface area (Å²) < 4.78 is 0. The van der Waals surface area contributed by atoms with Gasteiger partial charge in [-0.3, -0.25) is 4.79 Å². The van der Waals surface area contributed by atoms with Gasteiger partial charge in [0, 0.05) is 0 Å². The summed E-state index contributed by atoms with van der Waals surface area (Å²) in [6.45, 7) is 2.24. The van der Waals surface area contributed by atoms with Crippen LogP contribution in [0.4, 0.5) is 0 Å². The van der Waals surface area contributed by atoms with Gasteiger partial charge in [-0.2, -0.15) is 0 Å². The summed E-state index contributed by atoms with van der Waals surface area (Å²) in [5.41, 5.74) is 1.85. The molecule has 0 unspecified atom stereocenters. The van der Waals surface area contributed by atoms with Crippen LogP contribution in [0.5, 0.6) is 0 Å². The molecule has 14 heavy (non-hydrogen) atoms. The van der Waals surface area contributed by atoms with E-state index < -0.39 is 0 Å². The fraction of sp³-hybridized carbons (Fsp3) is 0.250. The summed E-state index contributed by atoms with van der Waals surface area (Å²) in [6, 6.07) is 9.84. The van der Waals surface area contributed by atoms with Gasteiger partial charge in [0.25, 0.3) is 0 Å². The van der Waals surface area contributed by atoms with E-state index in [0.717, 1.165) is 11.1 Å². The van der Waals surface area contributed by atoms with Crippen molar-refractivity contribution in [3.8, 4) is 0 Å². The molecule has 0 aliphatic rings. The minimum Gasteiger partial charge on any atom is -0.313 e. The van der Waals surface area contributed by atoms with Gasteiger partial charge in [-0.1, -0.05) is 30.3 Å². The second-order valence-electron chi connectivity index (χ2n) is 3.19. The van der Waals surface area contributed by atoms with Crippen LogP contribution in [0.2, 0.25) is 0 Å².